The van der Waals surface area contributed by atoms with Crippen LogP contribution in [0.15, 0.2) is 40.3 Å². The van der Waals surface area contributed by atoms with Gasteiger partial charge in [-0.15, -0.1) is 0 Å². The highest BCUT2D eigenvalue weighted by Gasteiger charge is 2.12. The normalized spacial score (nSPS) is 10.3. The molecule has 0 bridgehead atoms. The summed E-state index contributed by atoms with van der Waals surface area (Å²) in [5, 5.41) is 11.4. The van der Waals surface area contributed by atoms with Gasteiger partial charge in [0.15, 0.2) is 0 Å². The van der Waals surface area contributed by atoms with Crippen LogP contribution < -0.4 is 11.3 Å². The van der Waals surface area contributed by atoms with Crippen molar-refractivity contribution in [1.29, 1.82) is 0 Å². The second-order valence-corrected chi connectivity index (χ2v) is 5.39. The first kappa shape index (κ1) is 14.3. The number of nitrogens with two attached hydrogens (primary N) is 1. The fourth-order valence-electron chi connectivity index (χ4n) is 1.62. The number of aromatic nitrogens is 1. The highest BCUT2D eigenvalue weighted by atomic mass is 32.2. The van der Waals surface area contributed by atoms with E-state index in [4.69, 9.17) is 5.84 Å². The Morgan fingerprint density at radius 2 is 2.00 bits per heavy atom. The summed E-state index contributed by atoms with van der Waals surface area (Å²) in [4.78, 5) is 15.6. The maximum atomic E-state index is 10.9. The van der Waals surface area contributed by atoms with Gasteiger partial charge in [0.25, 0.3) is 5.69 Å². The summed E-state index contributed by atoms with van der Waals surface area (Å²) in [6, 6.07) is 8.72. The van der Waals surface area contributed by atoms with Crippen molar-refractivity contribution >= 4 is 23.3 Å². The summed E-state index contributed by atoms with van der Waals surface area (Å²) < 4.78 is 0. The summed E-state index contributed by atoms with van der Waals surface area (Å²) >= 11 is 1.36. The number of aryl methyl sites for hydroxylation is 2. The van der Waals surface area contributed by atoms with Crippen molar-refractivity contribution in [3.05, 3.63) is 51.6 Å². The van der Waals surface area contributed by atoms with Crippen LogP contribution in [-0.4, -0.2) is 9.91 Å². The average molecular weight is 290 g/mol. The maximum Gasteiger partial charge on any atom is 0.275 e. The summed E-state index contributed by atoms with van der Waals surface area (Å²) in [5.41, 5.74) is 4.66. The van der Waals surface area contributed by atoms with Crippen LogP contribution in [0.1, 0.15) is 11.1 Å². The second kappa shape index (κ2) is 5.89. The predicted octanol–water partition coefficient (Wildman–Crippen LogP) is 3.04. The van der Waals surface area contributed by atoms with Gasteiger partial charge in [-0.1, -0.05) is 17.8 Å². The molecule has 2 aromatic rings. The Hall–Kier alpha value is -2.12. The molecule has 0 unspecified atom stereocenters. The molecule has 3 N–H and O–H groups in total. The van der Waals surface area contributed by atoms with Crippen molar-refractivity contribution in [2.24, 2.45) is 5.84 Å². The van der Waals surface area contributed by atoms with Gasteiger partial charge in [-0.3, -0.25) is 10.1 Å². The van der Waals surface area contributed by atoms with E-state index in [1.54, 1.807) is 0 Å². The van der Waals surface area contributed by atoms with Crippen LogP contribution in [0.5, 0.6) is 0 Å². The molecule has 0 spiro atoms. The Kier molecular flexibility index (Phi) is 4.21. The molecular weight excluding hydrogens is 276 g/mol. The van der Waals surface area contributed by atoms with Gasteiger partial charge >= 0.3 is 0 Å². The molecule has 104 valence electrons. The van der Waals surface area contributed by atoms with E-state index in [9.17, 15) is 10.1 Å². The van der Waals surface area contributed by atoms with E-state index in [1.165, 1.54) is 29.5 Å². The predicted molar refractivity (Wildman–Crippen MR) is 78.7 cm³/mol. The molecule has 6 nitrogen and oxygen atoms in total. The van der Waals surface area contributed by atoms with E-state index >= 15 is 0 Å². The van der Waals surface area contributed by atoms with Gasteiger partial charge in [0.05, 0.1) is 11.0 Å². The number of rotatable bonds is 4. The van der Waals surface area contributed by atoms with Crippen molar-refractivity contribution < 1.29 is 4.92 Å². The van der Waals surface area contributed by atoms with Gasteiger partial charge in [-0.2, -0.15) is 0 Å². The van der Waals surface area contributed by atoms with Gasteiger partial charge in [-0.25, -0.2) is 10.8 Å². The number of nitrogens with zero attached hydrogens (tertiary/aromatic N) is 2. The van der Waals surface area contributed by atoms with E-state index in [-0.39, 0.29) is 11.5 Å². The molecule has 0 aliphatic heterocycles. The fourth-order valence-corrected chi connectivity index (χ4v) is 2.56. The Bertz CT molecular complexity index is 661. The van der Waals surface area contributed by atoms with Crippen molar-refractivity contribution in [3.8, 4) is 0 Å². The number of anilines is 1. The van der Waals surface area contributed by atoms with E-state index in [0.29, 0.717) is 5.03 Å². The van der Waals surface area contributed by atoms with Gasteiger partial charge in [0, 0.05) is 11.0 Å². The second-order valence-electron chi connectivity index (χ2n) is 4.30. The molecule has 1 heterocycles. The lowest BCUT2D eigenvalue weighted by Crippen LogP contribution is -2.09. The molecule has 0 fully saturated rings. The quantitative estimate of drug-likeness (QED) is 0.510. The first-order valence-corrected chi connectivity index (χ1v) is 6.69. The molecule has 20 heavy (non-hydrogen) atoms. The number of nitrogen functional groups attached to an aromatic ring is 1. The average Bonchev–Trinajstić information content (AvgIpc) is 2.42. The molecule has 0 saturated heterocycles. The highest BCUT2D eigenvalue weighted by Crippen LogP contribution is 2.31. The Morgan fingerprint density at radius 3 is 2.60 bits per heavy atom. The lowest BCUT2D eigenvalue weighted by molar-refractivity contribution is -0.385. The number of hydrogen-bond acceptors (Lipinski definition) is 6. The van der Waals surface area contributed by atoms with Crippen LogP contribution >= 0.6 is 11.8 Å². The van der Waals surface area contributed by atoms with Gasteiger partial charge in [0.2, 0.25) is 0 Å². The zero-order chi connectivity index (χ0) is 14.7. The molecule has 1 aromatic carbocycles. The van der Waals surface area contributed by atoms with Crippen molar-refractivity contribution in [2.45, 2.75) is 23.8 Å². The van der Waals surface area contributed by atoms with Crippen LogP contribution in [0.3, 0.4) is 0 Å². The van der Waals surface area contributed by atoms with Gasteiger partial charge in [0.1, 0.15) is 10.8 Å². The Balaban J connectivity index is 2.34. The standard InChI is InChI=1S/C13H14N4O2S/c1-8-3-4-11(5-9(8)2)20-13-7-10(17(18)19)6-12(15-13)16-14/h3-7H,14H2,1-2H3,(H,15,16). The highest BCUT2D eigenvalue weighted by molar-refractivity contribution is 7.99. The van der Waals surface area contributed by atoms with E-state index in [0.717, 1.165) is 10.5 Å². The van der Waals surface area contributed by atoms with E-state index < -0.39 is 4.92 Å². The van der Waals surface area contributed by atoms with Crippen LogP contribution in [0, 0.1) is 24.0 Å². The zero-order valence-corrected chi connectivity index (χ0v) is 11.9. The minimum atomic E-state index is -0.465. The summed E-state index contributed by atoms with van der Waals surface area (Å²) in [7, 11) is 0. The molecule has 7 heteroatoms. The molecule has 0 radical (unpaired) electrons. The van der Waals surface area contributed by atoms with Crippen LogP contribution in [-0.2, 0) is 0 Å². The third kappa shape index (κ3) is 3.25. The van der Waals surface area contributed by atoms with Gasteiger partial charge in [-0.05, 0) is 37.1 Å². The van der Waals surface area contributed by atoms with Crippen molar-refractivity contribution in [3.63, 3.8) is 0 Å². The van der Waals surface area contributed by atoms with Crippen LogP contribution in [0.4, 0.5) is 11.5 Å². The molecular formula is C13H14N4O2S. The number of hydrogen-bond donors (Lipinski definition) is 2. The van der Waals surface area contributed by atoms with Crippen LogP contribution in [0.25, 0.3) is 0 Å². The number of pyridine rings is 1. The molecule has 0 saturated carbocycles. The number of nitro groups is 1. The van der Waals surface area contributed by atoms with Crippen molar-refractivity contribution in [2.75, 3.05) is 5.43 Å². The fraction of sp³-hybridized carbons (Fsp3) is 0.154. The SMILES string of the molecule is Cc1ccc(Sc2cc([N+](=O)[O-])cc(NN)n2)cc1C. The summed E-state index contributed by atoms with van der Waals surface area (Å²) in [5.74, 6) is 5.55. The number of hydrazine groups is 1. The third-order valence-electron chi connectivity index (χ3n) is 2.85. The molecule has 0 aliphatic carbocycles. The van der Waals surface area contributed by atoms with E-state index in [2.05, 4.69) is 10.4 Å². The largest absolute Gasteiger partial charge is 0.308 e. The molecule has 2 rings (SSSR count). The summed E-state index contributed by atoms with van der Waals surface area (Å²) in [6.07, 6.45) is 0. The van der Waals surface area contributed by atoms with E-state index in [1.807, 2.05) is 32.0 Å². The zero-order valence-electron chi connectivity index (χ0n) is 11.1. The lowest BCUT2D eigenvalue weighted by atomic mass is 10.1. The van der Waals surface area contributed by atoms with Gasteiger partial charge < -0.3 is 5.43 Å². The maximum absolute atomic E-state index is 10.9. The molecule has 0 aliphatic rings. The van der Waals surface area contributed by atoms with Crippen LogP contribution in [0.2, 0.25) is 0 Å². The summed E-state index contributed by atoms with van der Waals surface area (Å²) in [6.45, 7) is 4.05. The first-order chi connectivity index (χ1) is 9.49. The Morgan fingerprint density at radius 1 is 1.25 bits per heavy atom. The minimum absolute atomic E-state index is 0.0423. The molecule has 1 aromatic heterocycles. The number of nitrogens with one attached hydrogen (secondary N) is 1. The lowest BCUT2D eigenvalue weighted by Gasteiger charge is -2.06. The third-order valence-corrected chi connectivity index (χ3v) is 3.75. The molecule has 0 amide bonds. The Labute approximate surface area is 120 Å². The minimum Gasteiger partial charge on any atom is -0.308 e. The number of benzene rings is 1. The first-order valence-electron chi connectivity index (χ1n) is 5.88. The monoisotopic (exact) mass is 290 g/mol. The topological polar surface area (TPSA) is 94.1 Å². The van der Waals surface area contributed by atoms with Crippen molar-refractivity contribution in [1.82, 2.24) is 4.98 Å². The smallest absolute Gasteiger partial charge is 0.275 e. The molecule has 0 atom stereocenters.